The van der Waals surface area contributed by atoms with Crippen molar-refractivity contribution >= 4 is 48.5 Å². The molecule has 0 N–H and O–H groups in total. The van der Waals surface area contributed by atoms with Crippen molar-refractivity contribution in [1.29, 1.82) is 0 Å². The summed E-state index contributed by atoms with van der Waals surface area (Å²) in [4.78, 5) is 4.87. The van der Waals surface area contributed by atoms with Gasteiger partial charge >= 0.3 is 0 Å². The highest BCUT2D eigenvalue weighted by atomic mass is 32.1. The molecule has 27 heavy (non-hydrogen) atoms. The molecule has 0 spiro atoms. The molecule has 2 heterocycles. The minimum atomic E-state index is 1.26. The molecule has 0 aliphatic heterocycles. The van der Waals surface area contributed by atoms with E-state index in [1.807, 2.05) is 22.7 Å². The molecule has 0 amide bonds. The zero-order valence-electron chi connectivity index (χ0n) is 15.3. The Morgan fingerprint density at radius 2 is 1.22 bits per heavy atom. The lowest BCUT2D eigenvalue weighted by Gasteiger charge is -2.19. The third-order valence-corrected chi connectivity index (χ3v) is 7.17. The van der Waals surface area contributed by atoms with Gasteiger partial charge in [0.1, 0.15) is 0 Å². The van der Waals surface area contributed by atoms with Crippen molar-refractivity contribution in [1.82, 2.24) is 0 Å². The van der Waals surface area contributed by atoms with Gasteiger partial charge in [0, 0.05) is 50.1 Å². The van der Waals surface area contributed by atoms with E-state index in [1.165, 1.54) is 46.7 Å². The van der Waals surface area contributed by atoms with Crippen molar-refractivity contribution in [2.75, 3.05) is 19.0 Å². The van der Waals surface area contributed by atoms with Gasteiger partial charge in [0.15, 0.2) is 0 Å². The van der Waals surface area contributed by atoms with Gasteiger partial charge in [-0.05, 0) is 41.1 Å². The normalized spacial score (nSPS) is 11.3. The predicted molar refractivity (Wildman–Crippen MR) is 122 cm³/mol. The average molecular weight is 386 g/mol. The molecule has 0 saturated carbocycles. The molecular formula is C24H19NS2. The summed E-state index contributed by atoms with van der Waals surface area (Å²) in [6.07, 6.45) is 0. The van der Waals surface area contributed by atoms with Gasteiger partial charge < -0.3 is 4.90 Å². The monoisotopic (exact) mass is 385 g/mol. The van der Waals surface area contributed by atoms with Crippen LogP contribution in [-0.2, 0) is 0 Å². The van der Waals surface area contributed by atoms with Crippen LogP contribution in [0.25, 0.3) is 41.1 Å². The third kappa shape index (κ3) is 2.84. The van der Waals surface area contributed by atoms with E-state index in [2.05, 4.69) is 97.9 Å². The van der Waals surface area contributed by atoms with E-state index in [1.54, 1.807) is 0 Å². The van der Waals surface area contributed by atoms with Gasteiger partial charge in [0.2, 0.25) is 0 Å². The van der Waals surface area contributed by atoms with E-state index < -0.39 is 0 Å². The largest absolute Gasteiger partial charge is 0.377 e. The van der Waals surface area contributed by atoms with Crippen molar-refractivity contribution in [2.45, 2.75) is 0 Å². The molecule has 0 bridgehead atoms. The van der Waals surface area contributed by atoms with Crippen molar-refractivity contribution < 1.29 is 0 Å². The van der Waals surface area contributed by atoms with Crippen LogP contribution >= 0.6 is 22.7 Å². The topological polar surface area (TPSA) is 3.24 Å². The number of fused-ring (bicyclic) bond motifs is 2. The summed E-state index contributed by atoms with van der Waals surface area (Å²) in [5.74, 6) is 0. The number of nitrogens with zero attached hydrogens (tertiary/aromatic N) is 1. The second-order valence-corrected chi connectivity index (χ2v) is 9.06. The fourth-order valence-electron chi connectivity index (χ4n) is 3.60. The van der Waals surface area contributed by atoms with E-state index in [9.17, 15) is 0 Å². The minimum absolute atomic E-state index is 1.26. The zero-order valence-corrected chi connectivity index (χ0v) is 16.9. The first-order valence-electron chi connectivity index (χ1n) is 8.99. The molecule has 3 aromatic carbocycles. The summed E-state index contributed by atoms with van der Waals surface area (Å²) in [6.45, 7) is 0. The van der Waals surface area contributed by atoms with Crippen LogP contribution < -0.4 is 4.90 Å². The van der Waals surface area contributed by atoms with Gasteiger partial charge in [0.05, 0.1) is 0 Å². The molecule has 5 rings (SSSR count). The summed E-state index contributed by atoms with van der Waals surface area (Å²) in [5.41, 5.74) is 3.90. The third-order valence-electron chi connectivity index (χ3n) is 4.89. The Balaban J connectivity index is 1.80. The minimum Gasteiger partial charge on any atom is -0.377 e. The average Bonchev–Trinajstić information content (AvgIpc) is 3.31. The van der Waals surface area contributed by atoms with E-state index in [0.29, 0.717) is 0 Å². The first-order valence-corrected chi connectivity index (χ1v) is 10.6. The van der Waals surface area contributed by atoms with Crippen LogP contribution in [-0.4, -0.2) is 14.1 Å². The molecule has 0 unspecified atom stereocenters. The van der Waals surface area contributed by atoms with E-state index in [-0.39, 0.29) is 0 Å². The summed E-state index contributed by atoms with van der Waals surface area (Å²) in [7, 11) is 4.25. The molecule has 3 heteroatoms. The molecule has 2 aromatic heterocycles. The number of benzene rings is 3. The van der Waals surface area contributed by atoms with Crippen LogP contribution in [0.3, 0.4) is 0 Å². The maximum Gasteiger partial charge on any atom is 0.0455 e. The van der Waals surface area contributed by atoms with Crippen LogP contribution in [0.1, 0.15) is 0 Å². The lowest BCUT2D eigenvalue weighted by Crippen LogP contribution is -2.10. The van der Waals surface area contributed by atoms with Crippen LogP contribution in [0.2, 0.25) is 0 Å². The molecule has 0 fully saturated rings. The molecule has 1 nitrogen and oxygen atoms in total. The fraction of sp³-hybridized carbons (Fsp3) is 0.0833. The maximum absolute atomic E-state index is 2.33. The first kappa shape index (κ1) is 16.5. The summed E-state index contributed by atoms with van der Waals surface area (Å²) < 4.78 is 2.67. The molecule has 0 radical (unpaired) electrons. The van der Waals surface area contributed by atoms with E-state index >= 15 is 0 Å². The second kappa shape index (κ2) is 6.52. The van der Waals surface area contributed by atoms with Crippen molar-refractivity contribution in [2.24, 2.45) is 0 Å². The SMILES string of the molecule is CN(C)c1cccc(-c2cc3ccccc3s2)c1-c1cc2ccccc2s1. The molecule has 0 aliphatic rings. The molecule has 132 valence electrons. The van der Waals surface area contributed by atoms with Gasteiger partial charge in [-0.1, -0.05) is 48.5 Å². The Hall–Kier alpha value is -2.62. The Bertz CT molecular complexity index is 1190. The Morgan fingerprint density at radius 1 is 0.630 bits per heavy atom. The number of anilines is 1. The van der Waals surface area contributed by atoms with Gasteiger partial charge in [-0.3, -0.25) is 0 Å². The van der Waals surface area contributed by atoms with Crippen molar-refractivity contribution in [3.63, 3.8) is 0 Å². The molecule has 0 aliphatic carbocycles. The standard InChI is InChI=1S/C24H19NS2/c1-25(2)19-11-7-10-18(22-14-16-8-3-5-12-20(16)26-22)24(19)23-15-17-9-4-6-13-21(17)27-23/h3-15H,1-2H3. The number of thiophene rings is 2. The van der Waals surface area contributed by atoms with Crippen LogP contribution in [0, 0.1) is 0 Å². The summed E-state index contributed by atoms with van der Waals surface area (Å²) in [6, 6.07) is 28.6. The van der Waals surface area contributed by atoms with Crippen LogP contribution in [0.15, 0.2) is 78.9 Å². The lowest BCUT2D eigenvalue weighted by molar-refractivity contribution is 1.13. The quantitative estimate of drug-likeness (QED) is 0.310. The molecule has 0 atom stereocenters. The number of hydrogen-bond acceptors (Lipinski definition) is 3. The molecular weight excluding hydrogens is 366 g/mol. The maximum atomic E-state index is 2.33. The summed E-state index contributed by atoms with van der Waals surface area (Å²) >= 11 is 3.75. The molecule has 0 saturated heterocycles. The number of rotatable bonds is 3. The number of hydrogen-bond donors (Lipinski definition) is 0. The van der Waals surface area contributed by atoms with Crippen molar-refractivity contribution in [3.8, 4) is 20.9 Å². The van der Waals surface area contributed by atoms with E-state index in [4.69, 9.17) is 0 Å². The Labute approximate surface area is 167 Å². The zero-order chi connectivity index (χ0) is 18.4. The fourth-order valence-corrected chi connectivity index (χ4v) is 5.82. The van der Waals surface area contributed by atoms with Gasteiger partial charge in [-0.15, -0.1) is 22.7 Å². The Morgan fingerprint density at radius 3 is 1.85 bits per heavy atom. The summed E-state index contributed by atoms with van der Waals surface area (Å²) in [5, 5.41) is 2.63. The smallest absolute Gasteiger partial charge is 0.0455 e. The van der Waals surface area contributed by atoms with E-state index in [0.717, 1.165) is 0 Å². The van der Waals surface area contributed by atoms with Crippen molar-refractivity contribution in [3.05, 3.63) is 78.9 Å². The highest BCUT2D eigenvalue weighted by Crippen LogP contribution is 2.46. The van der Waals surface area contributed by atoms with Crippen LogP contribution in [0.5, 0.6) is 0 Å². The predicted octanol–water partition coefficient (Wildman–Crippen LogP) is 7.52. The molecule has 5 aromatic rings. The van der Waals surface area contributed by atoms with Gasteiger partial charge in [-0.25, -0.2) is 0 Å². The van der Waals surface area contributed by atoms with Gasteiger partial charge in [-0.2, -0.15) is 0 Å². The second-order valence-electron chi connectivity index (χ2n) is 6.89. The lowest BCUT2D eigenvalue weighted by atomic mass is 10.0. The highest BCUT2D eigenvalue weighted by Gasteiger charge is 2.17. The van der Waals surface area contributed by atoms with Gasteiger partial charge in [0.25, 0.3) is 0 Å². The first-order chi connectivity index (χ1) is 13.2. The highest BCUT2D eigenvalue weighted by molar-refractivity contribution is 7.23. The van der Waals surface area contributed by atoms with Crippen LogP contribution in [0.4, 0.5) is 5.69 Å². The Kier molecular flexibility index (Phi) is 4.00.